The third-order valence-electron chi connectivity index (χ3n) is 3.81. The van der Waals surface area contributed by atoms with Crippen molar-refractivity contribution in [2.24, 2.45) is 0 Å². The molecule has 0 saturated heterocycles. The fourth-order valence-corrected chi connectivity index (χ4v) is 3.28. The molecule has 2 aromatic carbocycles. The minimum Gasteiger partial charge on any atom is -0.382 e. The van der Waals surface area contributed by atoms with E-state index >= 15 is 0 Å². The largest absolute Gasteiger partial charge is 0.382 e. The van der Waals surface area contributed by atoms with Crippen LogP contribution in [-0.2, 0) is 4.79 Å². The van der Waals surface area contributed by atoms with Crippen LogP contribution in [0.15, 0.2) is 56.9 Å². The van der Waals surface area contributed by atoms with Crippen molar-refractivity contribution in [1.82, 2.24) is 9.97 Å². The summed E-state index contributed by atoms with van der Waals surface area (Å²) in [5.74, 6) is -3.87. The van der Waals surface area contributed by atoms with E-state index in [1.54, 1.807) is 24.3 Å². The molecule has 0 spiro atoms. The molecule has 12 heteroatoms. The van der Waals surface area contributed by atoms with Crippen LogP contribution in [0.3, 0.4) is 0 Å². The van der Waals surface area contributed by atoms with E-state index in [-0.39, 0.29) is 33.9 Å². The second-order valence-corrected chi connectivity index (χ2v) is 7.94. The molecule has 3 rings (SSSR count). The van der Waals surface area contributed by atoms with Gasteiger partial charge in [-0.3, -0.25) is 19.4 Å². The second kappa shape index (κ2) is 9.71. The van der Waals surface area contributed by atoms with E-state index in [2.05, 4.69) is 36.5 Å². The number of H-pyrrole nitrogens is 1. The molecule has 0 saturated carbocycles. The van der Waals surface area contributed by atoms with Crippen LogP contribution < -0.4 is 21.9 Å². The zero-order valence-corrected chi connectivity index (χ0v) is 17.9. The first-order valence-electron chi connectivity index (χ1n) is 8.57. The predicted octanol–water partition coefficient (Wildman–Crippen LogP) is 3.38. The number of benzene rings is 2. The van der Waals surface area contributed by atoms with Gasteiger partial charge in [0.2, 0.25) is 5.91 Å². The third kappa shape index (κ3) is 5.89. The lowest BCUT2D eigenvalue weighted by Crippen LogP contribution is -2.23. The summed E-state index contributed by atoms with van der Waals surface area (Å²) in [6.07, 6.45) is 0. The lowest BCUT2D eigenvalue weighted by molar-refractivity contribution is -0.113. The zero-order valence-electron chi connectivity index (χ0n) is 15.5. The monoisotopic (exact) mass is 509 g/mol. The number of nitrogens with one attached hydrogen (secondary N) is 3. The maximum absolute atomic E-state index is 13.3. The number of hydrogen-bond donors (Lipinski definition) is 4. The summed E-state index contributed by atoms with van der Waals surface area (Å²) in [4.78, 5) is 42.9. The van der Waals surface area contributed by atoms with E-state index < -0.39 is 23.1 Å². The van der Waals surface area contributed by atoms with Crippen LogP contribution in [0.5, 0.6) is 0 Å². The molecule has 0 bridgehead atoms. The minimum atomic E-state index is -1.21. The number of aromatic nitrogens is 2. The Hall–Kier alpha value is -3.25. The number of nitrogens with zero attached hydrogens (tertiary/aromatic N) is 1. The first kappa shape index (κ1) is 22.4. The highest BCUT2D eigenvalue weighted by Crippen LogP contribution is 2.19. The van der Waals surface area contributed by atoms with Gasteiger partial charge in [-0.15, -0.1) is 0 Å². The Bertz CT molecular complexity index is 1200. The van der Waals surface area contributed by atoms with Gasteiger partial charge in [0.25, 0.3) is 11.5 Å². The molecule has 31 heavy (non-hydrogen) atoms. The summed E-state index contributed by atoms with van der Waals surface area (Å²) in [5.41, 5.74) is 5.03. The molecule has 0 radical (unpaired) electrons. The molecule has 0 aliphatic heterocycles. The SMILES string of the molecule is Nc1nc(SCC(=O)Nc2ccc(Br)cc2)[nH]c(=O)c1NC(=O)c1ccc(F)c(F)c1. The van der Waals surface area contributed by atoms with Crippen LogP contribution in [0.25, 0.3) is 0 Å². The smallest absolute Gasteiger partial charge is 0.277 e. The number of aromatic amines is 1. The second-order valence-electron chi connectivity index (χ2n) is 6.06. The van der Waals surface area contributed by atoms with Gasteiger partial charge in [0.1, 0.15) is 5.69 Å². The Morgan fingerprint density at radius 1 is 1.10 bits per heavy atom. The number of carbonyl (C=O) groups is 2. The van der Waals surface area contributed by atoms with E-state index in [0.717, 1.165) is 28.4 Å². The molecule has 0 unspecified atom stereocenters. The number of hydrogen-bond acceptors (Lipinski definition) is 6. The maximum atomic E-state index is 13.3. The topological polar surface area (TPSA) is 130 Å². The molecule has 3 aromatic rings. The van der Waals surface area contributed by atoms with Crippen LogP contribution >= 0.6 is 27.7 Å². The predicted molar refractivity (Wildman–Crippen MR) is 117 cm³/mol. The van der Waals surface area contributed by atoms with Crippen molar-refractivity contribution >= 4 is 56.7 Å². The summed E-state index contributed by atoms with van der Waals surface area (Å²) < 4.78 is 27.2. The van der Waals surface area contributed by atoms with Gasteiger partial charge in [-0.1, -0.05) is 27.7 Å². The number of nitrogens with two attached hydrogens (primary N) is 1. The number of amides is 2. The highest BCUT2D eigenvalue weighted by atomic mass is 79.9. The fraction of sp³-hybridized carbons (Fsp3) is 0.0526. The van der Waals surface area contributed by atoms with Crippen molar-refractivity contribution in [3.05, 3.63) is 74.5 Å². The summed E-state index contributed by atoms with van der Waals surface area (Å²) in [6, 6.07) is 9.52. The Labute approximate surface area is 186 Å². The molecule has 1 heterocycles. The highest BCUT2D eigenvalue weighted by molar-refractivity contribution is 9.10. The molecule has 0 aliphatic rings. The van der Waals surface area contributed by atoms with E-state index in [1.807, 2.05) is 0 Å². The van der Waals surface area contributed by atoms with Crippen LogP contribution in [-0.4, -0.2) is 27.5 Å². The van der Waals surface area contributed by atoms with Crippen molar-refractivity contribution in [1.29, 1.82) is 0 Å². The first-order valence-corrected chi connectivity index (χ1v) is 10.3. The van der Waals surface area contributed by atoms with Crippen molar-refractivity contribution in [2.45, 2.75) is 5.16 Å². The van der Waals surface area contributed by atoms with Crippen molar-refractivity contribution in [2.75, 3.05) is 22.1 Å². The Balaban J connectivity index is 1.65. The van der Waals surface area contributed by atoms with Crippen molar-refractivity contribution in [3.8, 4) is 0 Å². The number of anilines is 3. The molecule has 0 fully saturated rings. The number of carbonyl (C=O) groups excluding carboxylic acids is 2. The van der Waals surface area contributed by atoms with Gasteiger partial charge in [-0.2, -0.15) is 0 Å². The van der Waals surface area contributed by atoms with Gasteiger partial charge in [0.15, 0.2) is 22.6 Å². The Kier molecular flexibility index (Phi) is 7.02. The van der Waals surface area contributed by atoms with Gasteiger partial charge in [-0.05, 0) is 42.5 Å². The number of nitrogen functional groups attached to an aromatic ring is 1. The third-order valence-corrected chi connectivity index (χ3v) is 5.22. The van der Waals surface area contributed by atoms with E-state index in [4.69, 9.17) is 5.73 Å². The summed E-state index contributed by atoms with van der Waals surface area (Å²) in [7, 11) is 0. The Morgan fingerprint density at radius 3 is 2.45 bits per heavy atom. The van der Waals surface area contributed by atoms with E-state index in [9.17, 15) is 23.2 Å². The number of thioether (sulfide) groups is 1. The first-order chi connectivity index (χ1) is 14.7. The zero-order chi connectivity index (χ0) is 22.5. The van der Waals surface area contributed by atoms with Gasteiger partial charge in [0.05, 0.1) is 5.75 Å². The van der Waals surface area contributed by atoms with E-state index in [0.29, 0.717) is 11.8 Å². The van der Waals surface area contributed by atoms with Crippen LogP contribution in [0.4, 0.5) is 26.0 Å². The molecule has 5 N–H and O–H groups in total. The van der Waals surface area contributed by atoms with Crippen LogP contribution in [0, 0.1) is 11.6 Å². The van der Waals surface area contributed by atoms with Gasteiger partial charge < -0.3 is 16.4 Å². The fourth-order valence-electron chi connectivity index (χ4n) is 2.35. The number of rotatable bonds is 6. The molecular formula is C19H14BrF2N5O3S. The number of halogens is 3. The minimum absolute atomic E-state index is 0.0565. The van der Waals surface area contributed by atoms with Crippen LogP contribution in [0.1, 0.15) is 10.4 Å². The van der Waals surface area contributed by atoms with Gasteiger partial charge in [-0.25, -0.2) is 13.8 Å². The standard InChI is InChI=1S/C19H14BrF2N5O3S/c20-10-2-4-11(5-3-10)24-14(28)8-31-19-26-16(23)15(18(30)27-19)25-17(29)9-1-6-12(21)13(22)7-9/h1-7H,8H2,(H,24,28)(H,25,29)(H3,23,26,27,30). The molecule has 2 amide bonds. The maximum Gasteiger partial charge on any atom is 0.277 e. The van der Waals surface area contributed by atoms with Crippen molar-refractivity contribution < 1.29 is 18.4 Å². The quantitative estimate of drug-likeness (QED) is 0.297. The summed E-state index contributed by atoms with van der Waals surface area (Å²) in [5, 5.41) is 4.97. The highest BCUT2D eigenvalue weighted by Gasteiger charge is 2.16. The van der Waals surface area contributed by atoms with Crippen molar-refractivity contribution in [3.63, 3.8) is 0 Å². The lowest BCUT2D eigenvalue weighted by Gasteiger charge is -2.09. The normalized spacial score (nSPS) is 10.5. The van der Waals surface area contributed by atoms with Crippen LogP contribution in [0.2, 0.25) is 0 Å². The van der Waals surface area contributed by atoms with Gasteiger partial charge in [0, 0.05) is 15.7 Å². The average molecular weight is 510 g/mol. The average Bonchev–Trinajstić information content (AvgIpc) is 2.72. The molecule has 1 aromatic heterocycles. The molecule has 8 nitrogen and oxygen atoms in total. The summed E-state index contributed by atoms with van der Waals surface area (Å²) >= 11 is 4.23. The molecule has 0 atom stereocenters. The molecule has 160 valence electrons. The molecular weight excluding hydrogens is 496 g/mol. The van der Waals surface area contributed by atoms with Gasteiger partial charge >= 0.3 is 0 Å². The van der Waals surface area contributed by atoms with E-state index in [1.165, 1.54) is 0 Å². The lowest BCUT2D eigenvalue weighted by atomic mass is 10.2. The molecule has 0 aliphatic carbocycles. The Morgan fingerprint density at radius 2 is 1.81 bits per heavy atom. The summed E-state index contributed by atoms with van der Waals surface area (Å²) in [6.45, 7) is 0.